The van der Waals surface area contributed by atoms with Crippen LogP contribution < -0.4 is 4.90 Å². The zero-order chi connectivity index (χ0) is 13.8. The Morgan fingerprint density at radius 1 is 1.47 bits per heavy atom. The number of hydrogen-bond acceptors (Lipinski definition) is 2. The van der Waals surface area contributed by atoms with Crippen LogP contribution in [0.5, 0.6) is 0 Å². The number of anilines is 1. The van der Waals surface area contributed by atoms with Crippen molar-refractivity contribution in [2.75, 3.05) is 11.4 Å². The Kier molecular flexibility index (Phi) is 2.46. The number of para-hydroxylation sites is 1. The van der Waals surface area contributed by atoms with Gasteiger partial charge in [-0.2, -0.15) is 0 Å². The van der Waals surface area contributed by atoms with Crippen molar-refractivity contribution in [1.29, 1.82) is 0 Å². The molecule has 0 bridgehead atoms. The number of carboxylic acid groups (broad SMARTS) is 1. The van der Waals surface area contributed by atoms with Crippen LogP contribution in [0, 0.1) is 11.8 Å². The molecule has 3 rings (SSSR count). The van der Waals surface area contributed by atoms with Crippen molar-refractivity contribution >= 4 is 17.6 Å². The summed E-state index contributed by atoms with van der Waals surface area (Å²) in [6.45, 7) is 4.76. The van der Waals surface area contributed by atoms with Crippen LogP contribution in [0.15, 0.2) is 24.3 Å². The molecule has 1 heterocycles. The molecule has 1 amide bonds. The number of hydrogen-bond donors (Lipinski definition) is 1. The molecule has 1 aliphatic carbocycles. The lowest BCUT2D eigenvalue weighted by Crippen LogP contribution is -2.36. The number of carbonyl (C=O) groups excluding carboxylic acids is 1. The number of nitrogens with zero attached hydrogens (tertiary/aromatic N) is 1. The predicted molar refractivity (Wildman–Crippen MR) is 71.1 cm³/mol. The molecule has 2 aliphatic rings. The number of carbonyl (C=O) groups is 2. The highest BCUT2D eigenvalue weighted by molar-refractivity contribution is 6.13. The molecular weight excluding hydrogens is 242 g/mol. The van der Waals surface area contributed by atoms with Crippen LogP contribution in [0.3, 0.4) is 0 Å². The van der Waals surface area contributed by atoms with Gasteiger partial charge < -0.3 is 10.0 Å². The molecule has 1 aromatic rings. The van der Waals surface area contributed by atoms with Crippen LogP contribution in [0.4, 0.5) is 5.69 Å². The second-order valence-electron chi connectivity index (χ2n) is 5.89. The highest BCUT2D eigenvalue weighted by atomic mass is 16.4. The van der Waals surface area contributed by atoms with Crippen molar-refractivity contribution in [3.05, 3.63) is 29.8 Å². The van der Waals surface area contributed by atoms with Gasteiger partial charge in [0.2, 0.25) is 5.91 Å². The van der Waals surface area contributed by atoms with Gasteiger partial charge in [0, 0.05) is 12.2 Å². The summed E-state index contributed by atoms with van der Waals surface area (Å²) in [5.41, 5.74) is 1.01. The minimum absolute atomic E-state index is 0.0326. The fourth-order valence-corrected chi connectivity index (χ4v) is 3.19. The van der Waals surface area contributed by atoms with Gasteiger partial charge in [-0.15, -0.1) is 0 Å². The first-order chi connectivity index (χ1) is 8.98. The maximum atomic E-state index is 12.7. The van der Waals surface area contributed by atoms with Gasteiger partial charge in [0.1, 0.15) is 0 Å². The average Bonchev–Trinajstić information content (AvgIpc) is 3.07. The van der Waals surface area contributed by atoms with E-state index in [9.17, 15) is 14.7 Å². The minimum Gasteiger partial charge on any atom is -0.481 e. The Labute approximate surface area is 112 Å². The SMILES string of the molecule is CC(C)CN1C(=O)[C@]2(C[C@H]2C(=O)O)c2ccccc21. The Bertz CT molecular complexity index is 566. The molecule has 1 aliphatic heterocycles. The lowest BCUT2D eigenvalue weighted by molar-refractivity contribution is -0.140. The van der Waals surface area contributed by atoms with E-state index in [1.807, 2.05) is 24.3 Å². The molecule has 0 aromatic heterocycles. The number of fused-ring (bicyclic) bond motifs is 2. The molecule has 0 radical (unpaired) electrons. The third kappa shape index (κ3) is 1.52. The molecule has 0 unspecified atom stereocenters. The number of aliphatic carboxylic acids is 1. The smallest absolute Gasteiger partial charge is 0.307 e. The quantitative estimate of drug-likeness (QED) is 0.903. The molecule has 19 heavy (non-hydrogen) atoms. The van der Waals surface area contributed by atoms with E-state index in [4.69, 9.17) is 0 Å². The summed E-state index contributed by atoms with van der Waals surface area (Å²) in [5, 5.41) is 9.22. The highest BCUT2D eigenvalue weighted by Crippen LogP contribution is 2.61. The van der Waals surface area contributed by atoms with E-state index in [2.05, 4.69) is 13.8 Å². The zero-order valence-electron chi connectivity index (χ0n) is 11.1. The van der Waals surface area contributed by atoms with E-state index >= 15 is 0 Å². The summed E-state index contributed by atoms with van der Waals surface area (Å²) in [6, 6.07) is 7.60. The van der Waals surface area contributed by atoms with Crippen molar-refractivity contribution in [2.24, 2.45) is 11.8 Å². The molecule has 4 nitrogen and oxygen atoms in total. The molecule has 1 spiro atoms. The van der Waals surface area contributed by atoms with Gasteiger partial charge in [-0.1, -0.05) is 32.0 Å². The molecule has 2 atom stereocenters. The van der Waals surface area contributed by atoms with E-state index in [1.165, 1.54) is 0 Å². The predicted octanol–water partition coefficient (Wildman–Crippen LogP) is 2.03. The second kappa shape index (κ2) is 3.83. The van der Waals surface area contributed by atoms with E-state index in [-0.39, 0.29) is 5.91 Å². The normalized spacial score (nSPS) is 28.1. The van der Waals surface area contributed by atoms with Gasteiger partial charge in [0.25, 0.3) is 0 Å². The highest BCUT2D eigenvalue weighted by Gasteiger charge is 2.69. The Balaban J connectivity index is 2.06. The van der Waals surface area contributed by atoms with E-state index in [0.717, 1.165) is 11.3 Å². The van der Waals surface area contributed by atoms with Gasteiger partial charge in [-0.3, -0.25) is 9.59 Å². The first-order valence-corrected chi connectivity index (χ1v) is 6.62. The molecule has 1 saturated carbocycles. The summed E-state index contributed by atoms with van der Waals surface area (Å²) in [7, 11) is 0. The Morgan fingerprint density at radius 3 is 2.74 bits per heavy atom. The number of benzene rings is 1. The van der Waals surface area contributed by atoms with Crippen LogP contribution in [0.2, 0.25) is 0 Å². The second-order valence-corrected chi connectivity index (χ2v) is 5.89. The van der Waals surface area contributed by atoms with Crippen LogP contribution >= 0.6 is 0 Å². The number of carboxylic acids is 1. The monoisotopic (exact) mass is 259 g/mol. The van der Waals surface area contributed by atoms with E-state index in [1.54, 1.807) is 4.90 Å². The summed E-state index contributed by atoms with van der Waals surface area (Å²) >= 11 is 0. The maximum absolute atomic E-state index is 12.7. The fourth-order valence-electron chi connectivity index (χ4n) is 3.19. The first kappa shape index (κ1) is 12.2. The summed E-state index contributed by atoms with van der Waals surface area (Å²) in [6.07, 6.45) is 0.437. The first-order valence-electron chi connectivity index (χ1n) is 6.62. The Hall–Kier alpha value is -1.84. The van der Waals surface area contributed by atoms with E-state index < -0.39 is 17.3 Å². The average molecular weight is 259 g/mol. The fraction of sp³-hybridized carbons (Fsp3) is 0.467. The van der Waals surface area contributed by atoms with Crippen LogP contribution in [0.25, 0.3) is 0 Å². The van der Waals surface area contributed by atoms with Crippen LogP contribution in [-0.4, -0.2) is 23.5 Å². The third-order valence-corrected chi connectivity index (χ3v) is 4.11. The zero-order valence-corrected chi connectivity index (χ0v) is 11.1. The summed E-state index contributed by atoms with van der Waals surface area (Å²) in [5.74, 6) is -1.10. The molecule has 1 aromatic carbocycles. The van der Waals surface area contributed by atoms with Gasteiger partial charge in [0.15, 0.2) is 0 Å². The standard InChI is InChI=1S/C15H17NO3/c1-9(2)8-16-12-6-4-3-5-10(12)15(14(16)19)7-11(15)13(17)18/h3-6,9,11H,7-8H2,1-2H3,(H,17,18)/t11-,15+/m0/s1. The van der Waals surface area contributed by atoms with Gasteiger partial charge in [0.05, 0.1) is 11.3 Å². The third-order valence-electron chi connectivity index (χ3n) is 4.11. The number of rotatable bonds is 3. The van der Waals surface area contributed by atoms with Crippen molar-refractivity contribution in [1.82, 2.24) is 0 Å². The molecule has 1 fully saturated rings. The lowest BCUT2D eigenvalue weighted by atomic mass is 9.95. The molecular formula is C15H17NO3. The summed E-state index contributed by atoms with van der Waals surface area (Å²) < 4.78 is 0. The van der Waals surface area contributed by atoms with Crippen molar-refractivity contribution in [3.63, 3.8) is 0 Å². The van der Waals surface area contributed by atoms with Crippen molar-refractivity contribution in [2.45, 2.75) is 25.7 Å². The largest absolute Gasteiger partial charge is 0.481 e. The molecule has 1 N–H and O–H groups in total. The van der Waals surface area contributed by atoms with Gasteiger partial charge >= 0.3 is 5.97 Å². The van der Waals surface area contributed by atoms with Crippen molar-refractivity contribution in [3.8, 4) is 0 Å². The van der Waals surface area contributed by atoms with Crippen molar-refractivity contribution < 1.29 is 14.7 Å². The number of amides is 1. The topological polar surface area (TPSA) is 57.6 Å². The molecule has 0 saturated heterocycles. The molecule has 4 heteroatoms. The van der Waals surface area contributed by atoms with Crippen LogP contribution in [-0.2, 0) is 15.0 Å². The Morgan fingerprint density at radius 2 is 2.16 bits per heavy atom. The van der Waals surface area contributed by atoms with Gasteiger partial charge in [-0.25, -0.2) is 0 Å². The maximum Gasteiger partial charge on any atom is 0.307 e. The van der Waals surface area contributed by atoms with Gasteiger partial charge in [-0.05, 0) is 24.0 Å². The summed E-state index contributed by atoms with van der Waals surface area (Å²) in [4.78, 5) is 25.7. The van der Waals surface area contributed by atoms with E-state index in [0.29, 0.717) is 18.9 Å². The molecule has 100 valence electrons. The minimum atomic E-state index is -0.866. The van der Waals surface area contributed by atoms with Crippen LogP contribution in [0.1, 0.15) is 25.8 Å². The lowest BCUT2D eigenvalue weighted by Gasteiger charge is -2.20.